The number of rotatable bonds is 3. The fourth-order valence-electron chi connectivity index (χ4n) is 2.23. The largest absolute Gasteiger partial charge is 0.497 e. The minimum Gasteiger partial charge on any atom is -0.497 e. The van der Waals surface area contributed by atoms with Crippen molar-refractivity contribution in [3.05, 3.63) is 34.9 Å². The lowest BCUT2D eigenvalue weighted by atomic mass is 10.0. The zero-order valence-electron chi connectivity index (χ0n) is 9.96. The standard InChI is InChI=1S/C14H16O2/c1-9-6-11-4-5-12(16-3)8-14(11)13(9)7-10(2)15/h4-5,8H,6-7H2,1-3H3. The van der Waals surface area contributed by atoms with Gasteiger partial charge in [0.25, 0.3) is 0 Å². The van der Waals surface area contributed by atoms with Crippen LogP contribution in [0.2, 0.25) is 0 Å². The van der Waals surface area contributed by atoms with E-state index in [2.05, 4.69) is 13.0 Å². The lowest BCUT2D eigenvalue weighted by Crippen LogP contribution is -1.94. The molecule has 0 aliphatic heterocycles. The summed E-state index contributed by atoms with van der Waals surface area (Å²) < 4.78 is 5.22. The predicted molar refractivity (Wildman–Crippen MR) is 64.6 cm³/mol. The Morgan fingerprint density at radius 3 is 2.81 bits per heavy atom. The molecular formula is C14H16O2. The molecule has 2 heteroatoms. The van der Waals surface area contributed by atoms with Crippen molar-refractivity contribution >= 4 is 11.4 Å². The molecule has 84 valence electrons. The molecule has 2 nitrogen and oxygen atoms in total. The van der Waals surface area contributed by atoms with Crippen molar-refractivity contribution in [2.24, 2.45) is 0 Å². The number of fused-ring (bicyclic) bond motifs is 1. The Balaban J connectivity index is 2.42. The van der Waals surface area contributed by atoms with Crippen LogP contribution in [0.15, 0.2) is 23.8 Å². The van der Waals surface area contributed by atoms with Gasteiger partial charge in [0, 0.05) is 6.42 Å². The Bertz CT molecular complexity index is 470. The zero-order chi connectivity index (χ0) is 11.7. The second kappa shape index (κ2) is 4.12. The van der Waals surface area contributed by atoms with E-state index in [1.807, 2.05) is 12.1 Å². The van der Waals surface area contributed by atoms with Crippen LogP contribution < -0.4 is 4.74 Å². The van der Waals surface area contributed by atoms with Gasteiger partial charge in [-0.15, -0.1) is 0 Å². The van der Waals surface area contributed by atoms with Gasteiger partial charge in [-0.1, -0.05) is 11.6 Å². The van der Waals surface area contributed by atoms with Crippen molar-refractivity contribution in [1.29, 1.82) is 0 Å². The first-order valence-corrected chi connectivity index (χ1v) is 5.47. The number of benzene rings is 1. The third kappa shape index (κ3) is 1.87. The van der Waals surface area contributed by atoms with Crippen LogP contribution in [0.5, 0.6) is 5.75 Å². The monoisotopic (exact) mass is 216 g/mol. The van der Waals surface area contributed by atoms with E-state index >= 15 is 0 Å². The van der Waals surface area contributed by atoms with Crippen LogP contribution in [0.1, 0.15) is 31.4 Å². The Labute approximate surface area is 95.9 Å². The number of allylic oxidation sites excluding steroid dienone is 2. The van der Waals surface area contributed by atoms with Crippen molar-refractivity contribution in [3.8, 4) is 5.75 Å². The maximum absolute atomic E-state index is 11.2. The molecule has 0 saturated carbocycles. The third-order valence-corrected chi connectivity index (χ3v) is 3.04. The summed E-state index contributed by atoms with van der Waals surface area (Å²) in [4.78, 5) is 11.2. The lowest BCUT2D eigenvalue weighted by molar-refractivity contribution is -0.116. The first-order valence-electron chi connectivity index (χ1n) is 5.47. The molecule has 1 aromatic rings. The SMILES string of the molecule is COc1ccc2c(c1)C(CC(C)=O)=C(C)C2. The third-order valence-electron chi connectivity index (χ3n) is 3.04. The van der Waals surface area contributed by atoms with Gasteiger partial charge >= 0.3 is 0 Å². The van der Waals surface area contributed by atoms with E-state index in [9.17, 15) is 4.79 Å². The Kier molecular flexibility index (Phi) is 2.82. The predicted octanol–water partition coefficient (Wildman–Crippen LogP) is 3.00. The molecule has 1 aliphatic rings. The molecule has 1 aliphatic carbocycles. The minimum atomic E-state index is 0.213. The topological polar surface area (TPSA) is 26.3 Å². The molecule has 0 aromatic heterocycles. The van der Waals surface area contributed by atoms with Crippen LogP contribution in [-0.2, 0) is 11.2 Å². The van der Waals surface area contributed by atoms with Gasteiger partial charge in [-0.2, -0.15) is 0 Å². The number of hydrogen-bond donors (Lipinski definition) is 0. The summed E-state index contributed by atoms with van der Waals surface area (Å²) in [6.07, 6.45) is 1.49. The molecule has 0 atom stereocenters. The molecule has 0 bridgehead atoms. The number of ketones is 1. The number of Topliss-reactive ketones (excluding diaryl/α,β-unsaturated/α-hetero) is 1. The maximum atomic E-state index is 11.2. The van der Waals surface area contributed by atoms with Gasteiger partial charge in [-0.25, -0.2) is 0 Å². The van der Waals surface area contributed by atoms with E-state index in [1.165, 1.54) is 22.3 Å². The summed E-state index contributed by atoms with van der Waals surface area (Å²) in [5.74, 6) is 1.07. The number of carbonyl (C=O) groups is 1. The summed E-state index contributed by atoms with van der Waals surface area (Å²) in [6, 6.07) is 6.09. The van der Waals surface area contributed by atoms with Crippen LogP contribution in [0.25, 0.3) is 5.57 Å². The molecular weight excluding hydrogens is 200 g/mol. The van der Waals surface area contributed by atoms with Crippen LogP contribution in [0, 0.1) is 0 Å². The molecule has 0 N–H and O–H groups in total. The van der Waals surface area contributed by atoms with Crippen molar-refractivity contribution in [1.82, 2.24) is 0 Å². The van der Waals surface area contributed by atoms with E-state index in [0.29, 0.717) is 6.42 Å². The van der Waals surface area contributed by atoms with E-state index in [0.717, 1.165) is 12.2 Å². The smallest absolute Gasteiger partial charge is 0.134 e. The van der Waals surface area contributed by atoms with Gasteiger partial charge in [0.05, 0.1) is 7.11 Å². The molecule has 16 heavy (non-hydrogen) atoms. The van der Waals surface area contributed by atoms with Gasteiger partial charge in [0.15, 0.2) is 0 Å². The van der Waals surface area contributed by atoms with E-state index in [1.54, 1.807) is 14.0 Å². The van der Waals surface area contributed by atoms with Crippen molar-refractivity contribution < 1.29 is 9.53 Å². The molecule has 2 rings (SSSR count). The van der Waals surface area contributed by atoms with E-state index < -0.39 is 0 Å². The van der Waals surface area contributed by atoms with Crippen molar-refractivity contribution in [2.75, 3.05) is 7.11 Å². The van der Waals surface area contributed by atoms with Crippen LogP contribution >= 0.6 is 0 Å². The zero-order valence-corrected chi connectivity index (χ0v) is 9.96. The highest BCUT2D eigenvalue weighted by molar-refractivity contribution is 5.92. The van der Waals surface area contributed by atoms with Gasteiger partial charge < -0.3 is 4.74 Å². The molecule has 0 amide bonds. The van der Waals surface area contributed by atoms with Crippen LogP contribution in [-0.4, -0.2) is 12.9 Å². The number of carbonyl (C=O) groups excluding carboxylic acids is 1. The molecule has 0 radical (unpaired) electrons. The molecule has 0 heterocycles. The molecule has 0 unspecified atom stereocenters. The summed E-state index contributed by atoms with van der Waals surface area (Å²) in [5, 5.41) is 0. The highest BCUT2D eigenvalue weighted by atomic mass is 16.5. The van der Waals surface area contributed by atoms with Gasteiger partial charge in [-0.3, -0.25) is 4.79 Å². The molecule has 0 spiro atoms. The molecule has 1 aromatic carbocycles. The maximum Gasteiger partial charge on any atom is 0.134 e. The van der Waals surface area contributed by atoms with Crippen molar-refractivity contribution in [3.63, 3.8) is 0 Å². The summed E-state index contributed by atoms with van der Waals surface area (Å²) >= 11 is 0. The Morgan fingerprint density at radius 1 is 1.44 bits per heavy atom. The van der Waals surface area contributed by atoms with Crippen LogP contribution in [0.3, 0.4) is 0 Å². The minimum absolute atomic E-state index is 0.213. The normalized spacial score (nSPS) is 13.9. The first-order chi connectivity index (χ1) is 7.61. The Hall–Kier alpha value is -1.57. The van der Waals surface area contributed by atoms with Gasteiger partial charge in [0.1, 0.15) is 11.5 Å². The number of ether oxygens (including phenoxy) is 1. The summed E-state index contributed by atoms with van der Waals surface area (Å²) in [6.45, 7) is 3.74. The molecule has 0 fully saturated rings. The van der Waals surface area contributed by atoms with Gasteiger partial charge in [0.2, 0.25) is 0 Å². The average molecular weight is 216 g/mol. The fourth-order valence-corrected chi connectivity index (χ4v) is 2.23. The fraction of sp³-hybridized carbons (Fsp3) is 0.357. The lowest BCUT2D eigenvalue weighted by Gasteiger charge is -2.07. The highest BCUT2D eigenvalue weighted by Gasteiger charge is 2.20. The molecule has 0 saturated heterocycles. The second-order valence-electron chi connectivity index (χ2n) is 4.34. The summed E-state index contributed by atoms with van der Waals surface area (Å²) in [5.41, 5.74) is 4.97. The Morgan fingerprint density at radius 2 is 2.19 bits per heavy atom. The highest BCUT2D eigenvalue weighted by Crippen LogP contribution is 2.36. The average Bonchev–Trinajstić information content (AvgIpc) is 2.54. The summed E-state index contributed by atoms with van der Waals surface area (Å²) in [7, 11) is 1.66. The first kappa shape index (κ1) is 10.9. The van der Waals surface area contributed by atoms with E-state index in [4.69, 9.17) is 4.74 Å². The quantitative estimate of drug-likeness (QED) is 0.776. The number of hydrogen-bond acceptors (Lipinski definition) is 2. The second-order valence-corrected chi connectivity index (χ2v) is 4.34. The van der Waals surface area contributed by atoms with Gasteiger partial charge in [-0.05, 0) is 49.1 Å². The van der Waals surface area contributed by atoms with Crippen LogP contribution in [0.4, 0.5) is 0 Å². The van der Waals surface area contributed by atoms with E-state index in [-0.39, 0.29) is 5.78 Å². The number of methoxy groups -OCH3 is 1. The van der Waals surface area contributed by atoms with Crippen molar-refractivity contribution in [2.45, 2.75) is 26.7 Å².